The van der Waals surface area contributed by atoms with Gasteiger partial charge in [0.25, 0.3) is 5.56 Å². The Morgan fingerprint density at radius 3 is 2.52 bits per heavy atom. The maximum absolute atomic E-state index is 13.0. The number of thioether (sulfide) groups is 1. The summed E-state index contributed by atoms with van der Waals surface area (Å²) in [6.45, 7) is 1.60. The normalized spacial score (nSPS) is 11.9. The minimum Gasteiger partial charge on any atom is -0.497 e. The third kappa shape index (κ3) is 3.91. The summed E-state index contributed by atoms with van der Waals surface area (Å²) in [7, 11) is 5.71. The van der Waals surface area contributed by atoms with Gasteiger partial charge in [-0.1, -0.05) is 11.8 Å². The van der Waals surface area contributed by atoms with Gasteiger partial charge in [-0.3, -0.25) is 18.7 Å². The number of methoxy groups -OCH3 is 2. The molecule has 1 atom stereocenters. The highest BCUT2D eigenvalue weighted by Gasteiger charge is 2.27. The molecule has 164 valence electrons. The molecule has 3 rings (SSSR count). The summed E-state index contributed by atoms with van der Waals surface area (Å²) in [5, 5.41) is 11.2. The second kappa shape index (κ2) is 8.63. The summed E-state index contributed by atoms with van der Waals surface area (Å²) in [6, 6.07) is 5.12. The lowest BCUT2D eigenvalue weighted by molar-refractivity contribution is 0.0992. The number of hydrogen-bond donors (Lipinski definition) is 1. The van der Waals surface area contributed by atoms with Crippen LogP contribution in [0.25, 0.3) is 5.69 Å². The molecule has 0 aliphatic rings. The highest BCUT2D eigenvalue weighted by molar-refractivity contribution is 8.00. The summed E-state index contributed by atoms with van der Waals surface area (Å²) >= 11 is 1.03. The first-order valence-electron chi connectivity index (χ1n) is 8.98. The van der Waals surface area contributed by atoms with Crippen molar-refractivity contribution in [2.24, 2.45) is 14.1 Å². The van der Waals surface area contributed by atoms with Crippen LogP contribution in [0.3, 0.4) is 0 Å². The molecule has 0 radical (unpaired) electrons. The van der Waals surface area contributed by atoms with Crippen molar-refractivity contribution in [3.8, 4) is 17.2 Å². The van der Waals surface area contributed by atoms with E-state index in [0.717, 1.165) is 20.9 Å². The number of carbonyl (C=O) groups excluding carboxylic acids is 1. The summed E-state index contributed by atoms with van der Waals surface area (Å²) in [6.07, 6.45) is 0. The van der Waals surface area contributed by atoms with Gasteiger partial charge in [-0.05, 0) is 29.5 Å². The fourth-order valence-corrected chi connectivity index (χ4v) is 3.73. The lowest BCUT2D eigenvalue weighted by Gasteiger charge is -2.15. The average molecular weight is 447 g/mol. The number of nitrogen functional groups attached to an aromatic ring is 1. The number of tetrazole rings is 1. The number of rotatable bonds is 7. The maximum Gasteiger partial charge on any atom is 0.332 e. The smallest absolute Gasteiger partial charge is 0.332 e. The van der Waals surface area contributed by atoms with Crippen LogP contribution in [-0.2, 0) is 14.1 Å². The molecule has 31 heavy (non-hydrogen) atoms. The molecule has 0 fully saturated rings. The molecule has 0 aliphatic heterocycles. The molecule has 0 spiro atoms. The Bertz CT molecular complexity index is 1260. The monoisotopic (exact) mass is 447 g/mol. The third-order valence-corrected chi connectivity index (χ3v) is 5.70. The SMILES string of the molecule is COc1ccc(OC)c(-n2nnnc2SC(C)C(=O)c2c(N)n(C)c(=O)n(C)c2=O)c1. The van der Waals surface area contributed by atoms with Crippen LogP contribution in [0.1, 0.15) is 17.3 Å². The molecule has 0 saturated carbocycles. The quantitative estimate of drug-likeness (QED) is 0.388. The van der Waals surface area contributed by atoms with Gasteiger partial charge in [0.15, 0.2) is 5.78 Å². The third-order valence-electron chi connectivity index (χ3n) is 4.66. The van der Waals surface area contributed by atoms with Crippen LogP contribution in [0.2, 0.25) is 0 Å². The number of carbonyl (C=O) groups is 1. The molecule has 0 bridgehead atoms. The zero-order valence-corrected chi connectivity index (χ0v) is 18.3. The molecule has 2 aromatic heterocycles. The number of Topliss-reactive ketones (excluding diaryl/α,β-unsaturated/α-hetero) is 1. The Morgan fingerprint density at radius 2 is 1.87 bits per heavy atom. The van der Waals surface area contributed by atoms with Crippen molar-refractivity contribution in [3.05, 3.63) is 44.6 Å². The highest BCUT2D eigenvalue weighted by Crippen LogP contribution is 2.31. The second-order valence-corrected chi connectivity index (χ2v) is 7.81. The average Bonchev–Trinajstić information content (AvgIpc) is 3.23. The van der Waals surface area contributed by atoms with Crippen LogP contribution in [0, 0.1) is 0 Å². The van der Waals surface area contributed by atoms with Gasteiger partial charge in [-0.25, -0.2) is 4.79 Å². The van der Waals surface area contributed by atoms with Crippen LogP contribution in [0.4, 0.5) is 5.82 Å². The van der Waals surface area contributed by atoms with Crippen molar-refractivity contribution in [3.63, 3.8) is 0 Å². The number of ether oxygens (including phenoxy) is 2. The zero-order chi connectivity index (χ0) is 22.9. The molecule has 1 unspecified atom stereocenters. The number of aromatic nitrogens is 6. The molecule has 12 nitrogen and oxygen atoms in total. The zero-order valence-electron chi connectivity index (χ0n) is 17.5. The lowest BCUT2D eigenvalue weighted by atomic mass is 10.1. The maximum atomic E-state index is 13.0. The van der Waals surface area contributed by atoms with Crippen molar-refractivity contribution in [1.82, 2.24) is 29.3 Å². The van der Waals surface area contributed by atoms with E-state index in [0.29, 0.717) is 17.2 Å². The summed E-state index contributed by atoms with van der Waals surface area (Å²) < 4.78 is 13.9. The van der Waals surface area contributed by atoms with Crippen LogP contribution in [0.5, 0.6) is 11.5 Å². The van der Waals surface area contributed by atoms with Gasteiger partial charge in [-0.2, -0.15) is 4.68 Å². The minimum absolute atomic E-state index is 0.195. The Labute approximate surface area is 180 Å². The Morgan fingerprint density at radius 1 is 1.16 bits per heavy atom. The molecule has 2 N–H and O–H groups in total. The Balaban J connectivity index is 1.99. The molecule has 0 amide bonds. The van der Waals surface area contributed by atoms with Crippen LogP contribution in [-0.4, -0.2) is 54.6 Å². The fraction of sp³-hybridized carbons (Fsp3) is 0.333. The molecular weight excluding hydrogens is 426 g/mol. The summed E-state index contributed by atoms with van der Waals surface area (Å²) in [5.74, 6) is 0.309. The molecule has 3 aromatic rings. The molecule has 0 saturated heterocycles. The van der Waals surface area contributed by atoms with E-state index in [-0.39, 0.29) is 16.5 Å². The largest absolute Gasteiger partial charge is 0.497 e. The van der Waals surface area contributed by atoms with E-state index in [2.05, 4.69) is 15.5 Å². The summed E-state index contributed by atoms with van der Waals surface area (Å²) in [4.78, 5) is 37.6. The van der Waals surface area contributed by atoms with Crippen LogP contribution in [0.15, 0.2) is 32.9 Å². The molecule has 1 aromatic carbocycles. The first-order chi connectivity index (χ1) is 14.7. The van der Waals surface area contributed by atoms with Gasteiger partial charge in [0.2, 0.25) is 5.16 Å². The number of anilines is 1. The molecule has 2 heterocycles. The van der Waals surface area contributed by atoms with Gasteiger partial charge in [-0.15, -0.1) is 5.10 Å². The van der Waals surface area contributed by atoms with Gasteiger partial charge in [0.05, 0.1) is 19.5 Å². The van der Waals surface area contributed by atoms with E-state index in [1.807, 2.05) is 0 Å². The van der Waals surface area contributed by atoms with Gasteiger partial charge in [0.1, 0.15) is 28.6 Å². The van der Waals surface area contributed by atoms with E-state index in [4.69, 9.17) is 15.2 Å². The van der Waals surface area contributed by atoms with Crippen molar-refractivity contribution >= 4 is 23.4 Å². The van der Waals surface area contributed by atoms with Crippen molar-refractivity contribution in [2.45, 2.75) is 17.3 Å². The minimum atomic E-state index is -0.783. The predicted molar refractivity (Wildman–Crippen MR) is 113 cm³/mol. The van der Waals surface area contributed by atoms with Gasteiger partial charge < -0.3 is 15.2 Å². The van der Waals surface area contributed by atoms with E-state index in [1.165, 1.54) is 33.0 Å². The first-order valence-corrected chi connectivity index (χ1v) is 9.86. The Kier molecular flexibility index (Phi) is 6.15. The van der Waals surface area contributed by atoms with E-state index < -0.39 is 22.3 Å². The first kappa shape index (κ1) is 22.1. The number of hydrogen-bond acceptors (Lipinski definition) is 10. The molecule has 0 aliphatic carbocycles. The fourth-order valence-electron chi connectivity index (χ4n) is 2.87. The lowest BCUT2D eigenvalue weighted by Crippen LogP contribution is -2.42. The van der Waals surface area contributed by atoms with E-state index in [1.54, 1.807) is 25.1 Å². The highest BCUT2D eigenvalue weighted by atomic mass is 32.2. The molecular formula is C18H21N7O5S. The topological polar surface area (TPSA) is 149 Å². The summed E-state index contributed by atoms with van der Waals surface area (Å²) in [5.41, 5.74) is 4.77. The van der Waals surface area contributed by atoms with Crippen LogP contribution >= 0.6 is 11.8 Å². The second-order valence-electron chi connectivity index (χ2n) is 6.50. The van der Waals surface area contributed by atoms with Crippen molar-refractivity contribution in [2.75, 3.05) is 20.0 Å². The number of nitrogens with zero attached hydrogens (tertiary/aromatic N) is 6. The molecule has 13 heteroatoms. The van der Waals surface area contributed by atoms with Gasteiger partial charge in [0, 0.05) is 20.2 Å². The van der Waals surface area contributed by atoms with Gasteiger partial charge >= 0.3 is 5.69 Å². The van der Waals surface area contributed by atoms with Crippen LogP contribution < -0.4 is 26.5 Å². The van der Waals surface area contributed by atoms with E-state index >= 15 is 0 Å². The van der Waals surface area contributed by atoms with Crippen molar-refractivity contribution < 1.29 is 14.3 Å². The number of nitrogens with two attached hydrogens (primary N) is 1. The number of benzene rings is 1. The number of ketones is 1. The standard InChI is InChI=1S/C18H21N7O5S/c1-9(14(26)13-15(19)23(2)18(28)24(3)16(13)27)31-17-20-21-22-25(17)11-8-10(29-4)6-7-12(11)30-5/h6-9H,19H2,1-5H3. The van der Waals surface area contributed by atoms with E-state index in [9.17, 15) is 14.4 Å². The Hall–Kier alpha value is -3.61. The predicted octanol–water partition coefficient (Wildman–Crippen LogP) is 0.0226. The van der Waals surface area contributed by atoms with Crippen molar-refractivity contribution in [1.29, 1.82) is 0 Å².